The zero-order valence-electron chi connectivity index (χ0n) is 20.1. The van der Waals surface area contributed by atoms with E-state index < -0.39 is 32.5 Å². The van der Waals surface area contributed by atoms with E-state index in [9.17, 15) is 22.7 Å². The number of halogens is 3. The van der Waals surface area contributed by atoms with E-state index in [1.807, 2.05) is 24.3 Å². The first-order chi connectivity index (χ1) is 18.1. The Morgan fingerprint density at radius 1 is 0.895 bits per heavy atom. The molecule has 1 N–H and O–H groups in total. The predicted molar refractivity (Wildman–Crippen MR) is 144 cm³/mol. The second kappa shape index (κ2) is 11.5. The Balaban J connectivity index is 1.78. The van der Waals surface area contributed by atoms with E-state index in [2.05, 4.69) is 0 Å². The van der Waals surface area contributed by atoms with Gasteiger partial charge in [-0.25, -0.2) is 17.6 Å². The molecule has 0 aliphatic rings. The Kier molecular flexibility index (Phi) is 8.38. The van der Waals surface area contributed by atoms with Crippen LogP contribution in [0.15, 0.2) is 89.8 Å². The Hall–Kier alpha value is -3.43. The summed E-state index contributed by atoms with van der Waals surface area (Å²) in [5.41, 5.74) is 2.76. The largest absolute Gasteiger partial charge is 0.505 e. The maximum absolute atomic E-state index is 13.9. The smallest absolute Gasteiger partial charge is 0.337 e. The molecule has 0 aliphatic carbocycles. The van der Waals surface area contributed by atoms with Gasteiger partial charge in [0.25, 0.3) is 0 Å². The van der Waals surface area contributed by atoms with Gasteiger partial charge in [-0.1, -0.05) is 65.7 Å². The van der Waals surface area contributed by atoms with Crippen molar-refractivity contribution in [2.45, 2.75) is 18.0 Å². The third kappa shape index (κ3) is 6.16. The van der Waals surface area contributed by atoms with Crippen LogP contribution in [0.3, 0.4) is 0 Å². The number of hydrogen-bond acceptors (Lipinski definition) is 5. The summed E-state index contributed by atoms with van der Waals surface area (Å²) in [5.74, 6) is -1.98. The van der Waals surface area contributed by atoms with Gasteiger partial charge in [-0.05, 0) is 64.7 Å². The van der Waals surface area contributed by atoms with Crippen molar-refractivity contribution in [3.8, 4) is 16.9 Å². The number of sulfonamides is 1. The fraction of sp³-hybridized carbons (Fsp3) is 0.107. The number of ether oxygens (including phenoxy) is 1. The molecule has 0 unspecified atom stereocenters. The van der Waals surface area contributed by atoms with Crippen LogP contribution in [0.2, 0.25) is 10.0 Å². The molecule has 0 spiro atoms. The molecule has 0 aliphatic heterocycles. The summed E-state index contributed by atoms with van der Waals surface area (Å²) in [4.78, 5) is 11.6. The van der Waals surface area contributed by atoms with E-state index in [1.54, 1.807) is 24.3 Å². The summed E-state index contributed by atoms with van der Waals surface area (Å²) in [7, 11) is -3.28. The van der Waals surface area contributed by atoms with Crippen LogP contribution in [0.5, 0.6) is 5.75 Å². The lowest BCUT2D eigenvalue weighted by atomic mass is 10.0. The van der Waals surface area contributed by atoms with Gasteiger partial charge in [0, 0.05) is 18.1 Å². The number of phenols is 1. The van der Waals surface area contributed by atoms with Crippen LogP contribution in [-0.4, -0.2) is 30.9 Å². The van der Waals surface area contributed by atoms with Gasteiger partial charge >= 0.3 is 5.97 Å². The van der Waals surface area contributed by atoms with Crippen LogP contribution in [0, 0.1) is 5.82 Å². The third-order valence-electron chi connectivity index (χ3n) is 5.80. The minimum Gasteiger partial charge on any atom is -0.505 e. The molecule has 196 valence electrons. The van der Waals surface area contributed by atoms with Crippen molar-refractivity contribution in [1.82, 2.24) is 4.31 Å². The van der Waals surface area contributed by atoms with E-state index >= 15 is 0 Å². The van der Waals surface area contributed by atoms with E-state index in [0.717, 1.165) is 34.7 Å². The van der Waals surface area contributed by atoms with E-state index in [0.29, 0.717) is 16.1 Å². The SMILES string of the molecule is COC(=O)c1cc(Cl)c(O)c(S(=O)(=O)N(Cc2ccc(F)cc2)Cc2cccc(-c3ccc(Cl)cc3)c2)c1. The van der Waals surface area contributed by atoms with Crippen molar-refractivity contribution in [3.05, 3.63) is 117 Å². The lowest BCUT2D eigenvalue weighted by molar-refractivity contribution is 0.0600. The molecule has 0 atom stereocenters. The number of hydrogen-bond donors (Lipinski definition) is 1. The maximum Gasteiger partial charge on any atom is 0.337 e. The number of carbonyl (C=O) groups is 1. The molecule has 6 nitrogen and oxygen atoms in total. The van der Waals surface area contributed by atoms with Crippen LogP contribution in [-0.2, 0) is 27.8 Å². The molecule has 38 heavy (non-hydrogen) atoms. The normalized spacial score (nSPS) is 11.5. The van der Waals surface area contributed by atoms with Crippen LogP contribution < -0.4 is 0 Å². The summed E-state index contributed by atoms with van der Waals surface area (Å²) in [6.07, 6.45) is 0. The fourth-order valence-electron chi connectivity index (χ4n) is 3.86. The van der Waals surface area contributed by atoms with Gasteiger partial charge in [-0.2, -0.15) is 4.31 Å². The Labute approximate surface area is 229 Å². The first-order valence-electron chi connectivity index (χ1n) is 11.3. The summed E-state index contributed by atoms with van der Waals surface area (Å²) in [6, 6.07) is 22.1. The van der Waals surface area contributed by atoms with Crippen molar-refractivity contribution in [1.29, 1.82) is 0 Å². The summed E-state index contributed by atoms with van der Waals surface area (Å²) >= 11 is 12.1. The van der Waals surface area contributed by atoms with Crippen molar-refractivity contribution < 1.29 is 27.4 Å². The average Bonchev–Trinajstić information content (AvgIpc) is 2.91. The third-order valence-corrected chi connectivity index (χ3v) is 8.15. The van der Waals surface area contributed by atoms with Crippen LogP contribution >= 0.6 is 23.2 Å². The Morgan fingerprint density at radius 3 is 2.21 bits per heavy atom. The summed E-state index contributed by atoms with van der Waals surface area (Å²) in [6.45, 7) is -0.242. The molecular formula is C28H22Cl2FNO5S. The van der Waals surface area contributed by atoms with Crippen molar-refractivity contribution in [2.75, 3.05) is 7.11 Å². The van der Waals surface area contributed by atoms with Crippen molar-refractivity contribution in [2.24, 2.45) is 0 Å². The van der Waals surface area contributed by atoms with Gasteiger partial charge in [0.1, 0.15) is 10.7 Å². The van der Waals surface area contributed by atoms with Gasteiger partial charge in [0.15, 0.2) is 5.75 Å². The first kappa shape index (κ1) is 27.6. The molecule has 0 fully saturated rings. The summed E-state index contributed by atoms with van der Waals surface area (Å²) in [5, 5.41) is 10.9. The Bertz CT molecular complexity index is 1580. The molecule has 0 saturated heterocycles. The molecule has 0 saturated carbocycles. The van der Waals surface area contributed by atoms with E-state index in [-0.39, 0.29) is 23.7 Å². The lowest BCUT2D eigenvalue weighted by Gasteiger charge is -2.24. The fourth-order valence-corrected chi connectivity index (χ4v) is 5.81. The molecular weight excluding hydrogens is 552 g/mol. The number of esters is 1. The highest BCUT2D eigenvalue weighted by Crippen LogP contribution is 2.36. The van der Waals surface area contributed by atoms with E-state index in [4.69, 9.17) is 27.9 Å². The molecule has 4 rings (SSSR count). The highest BCUT2D eigenvalue weighted by molar-refractivity contribution is 7.89. The first-order valence-corrected chi connectivity index (χ1v) is 13.5. The lowest BCUT2D eigenvalue weighted by Crippen LogP contribution is -2.30. The second-order valence-electron chi connectivity index (χ2n) is 8.40. The molecule has 10 heteroatoms. The number of nitrogens with zero attached hydrogens (tertiary/aromatic N) is 1. The number of phenolic OH excluding ortho intramolecular Hbond substituents is 1. The monoisotopic (exact) mass is 573 g/mol. The Morgan fingerprint density at radius 2 is 1.55 bits per heavy atom. The van der Waals surface area contributed by atoms with Crippen LogP contribution in [0.1, 0.15) is 21.5 Å². The molecule has 0 heterocycles. The quantitative estimate of drug-likeness (QED) is 0.237. The van der Waals surface area contributed by atoms with E-state index in [1.165, 1.54) is 24.3 Å². The van der Waals surface area contributed by atoms with Crippen LogP contribution in [0.4, 0.5) is 4.39 Å². The number of carbonyl (C=O) groups excluding carboxylic acids is 1. The summed E-state index contributed by atoms with van der Waals surface area (Å²) < 4.78 is 47.1. The van der Waals surface area contributed by atoms with Crippen LogP contribution in [0.25, 0.3) is 11.1 Å². The standard InChI is InChI=1S/C28H22Cl2FNO5S/c1-37-28(34)22-14-25(30)27(33)26(15-22)38(35,36)32(16-18-5-11-24(31)12-6-18)17-19-3-2-4-21(13-19)20-7-9-23(29)10-8-20/h2-15,33H,16-17H2,1H3. The number of benzene rings is 4. The average molecular weight is 574 g/mol. The predicted octanol–water partition coefficient (Wildman–Crippen LogP) is 6.68. The zero-order chi connectivity index (χ0) is 27.4. The number of rotatable bonds is 8. The topological polar surface area (TPSA) is 83.9 Å². The highest BCUT2D eigenvalue weighted by Gasteiger charge is 2.30. The minimum absolute atomic E-state index is 0.0966. The maximum atomic E-state index is 13.9. The van der Waals surface area contributed by atoms with Crippen molar-refractivity contribution in [3.63, 3.8) is 0 Å². The highest BCUT2D eigenvalue weighted by atomic mass is 35.5. The van der Waals surface area contributed by atoms with Gasteiger partial charge < -0.3 is 9.84 Å². The second-order valence-corrected chi connectivity index (χ2v) is 11.2. The number of aromatic hydroxyl groups is 1. The number of methoxy groups -OCH3 is 1. The molecule has 0 aromatic heterocycles. The van der Waals surface area contributed by atoms with Crippen molar-refractivity contribution >= 4 is 39.2 Å². The molecule has 0 bridgehead atoms. The molecule has 4 aromatic rings. The minimum atomic E-state index is -4.43. The van der Waals surface area contributed by atoms with Gasteiger partial charge in [-0.3, -0.25) is 0 Å². The molecule has 0 radical (unpaired) electrons. The molecule has 4 aromatic carbocycles. The van der Waals surface area contributed by atoms with Gasteiger partial charge in [-0.15, -0.1) is 0 Å². The molecule has 0 amide bonds. The van der Waals surface area contributed by atoms with Gasteiger partial charge in [0.05, 0.1) is 17.7 Å². The zero-order valence-corrected chi connectivity index (χ0v) is 22.4. The van der Waals surface area contributed by atoms with Gasteiger partial charge in [0.2, 0.25) is 10.0 Å².